The molecule has 8 aromatic carbocycles. The number of benzene rings is 8. The van der Waals surface area contributed by atoms with Crippen LogP contribution >= 0.6 is 10.7 Å². The van der Waals surface area contributed by atoms with Crippen molar-refractivity contribution in [2.45, 2.75) is 42.9 Å². The van der Waals surface area contributed by atoms with Gasteiger partial charge in [0, 0.05) is 140 Å². The second kappa shape index (κ2) is 30.1. The first kappa shape index (κ1) is 65.5. The highest BCUT2D eigenvalue weighted by Gasteiger charge is 2.21. The van der Waals surface area contributed by atoms with Gasteiger partial charge in [-0.05, 0) is 144 Å². The second-order valence-electron chi connectivity index (χ2n) is 20.9. The quantitative estimate of drug-likeness (QED) is 0.0445. The van der Waals surface area contributed by atoms with Gasteiger partial charge in [-0.3, -0.25) is 4.18 Å². The lowest BCUT2D eigenvalue weighted by Crippen LogP contribution is -2.24. The number of aryl methyl sites for hydroxylation is 2. The van der Waals surface area contributed by atoms with Crippen LogP contribution in [0.15, 0.2) is 204 Å². The fourth-order valence-electron chi connectivity index (χ4n) is 9.02. The zero-order chi connectivity index (χ0) is 59.0. The van der Waals surface area contributed by atoms with Crippen LogP contribution in [-0.4, -0.2) is 119 Å². The SMILES string of the molecule is C.CN(C)c1ccc(C(c2ccc(N(C)C)cc2)c2ccc(N(C)CCO)cc2)cc1.Cc1ccc(S(=O)(=O)Cl)cc1.Cc1ccc(S(=O)(=O)OCCN(C)c2ccc(C(c3ccc(N(C)C)cc3)c3ccc(N(C)C)cc3)cc2)cc1. The van der Waals surface area contributed by atoms with Crippen LogP contribution in [0.2, 0.25) is 0 Å². The zero-order valence-electron chi connectivity index (χ0n) is 48.8. The van der Waals surface area contributed by atoms with Gasteiger partial charge in [0.2, 0.25) is 0 Å². The van der Waals surface area contributed by atoms with Crippen molar-refractivity contribution < 1.29 is 26.1 Å². The highest BCUT2D eigenvalue weighted by atomic mass is 35.7. The lowest BCUT2D eigenvalue weighted by atomic mass is 9.85. The fraction of sp³-hybridized carbons (Fsp3) is 0.284. The molecule has 0 heterocycles. The van der Waals surface area contributed by atoms with Crippen LogP contribution in [0, 0.1) is 13.8 Å². The third kappa shape index (κ3) is 18.3. The molecule has 82 heavy (non-hydrogen) atoms. The molecule has 0 aromatic heterocycles. The number of aliphatic hydroxyl groups is 1. The number of likely N-dealkylation sites (N-methyl/N-ethyl adjacent to an activating group) is 2. The molecule has 0 fully saturated rings. The number of anilines is 6. The normalized spacial score (nSPS) is 11.1. The number of rotatable bonds is 20. The van der Waals surface area contributed by atoms with Gasteiger partial charge in [0.1, 0.15) is 0 Å². The summed E-state index contributed by atoms with van der Waals surface area (Å²) in [5.74, 6) is 0.240. The molecule has 0 spiro atoms. The number of hydrogen-bond donors (Lipinski definition) is 1. The van der Waals surface area contributed by atoms with E-state index in [9.17, 15) is 21.9 Å². The van der Waals surface area contributed by atoms with Gasteiger partial charge in [0.05, 0.1) is 23.0 Å². The monoisotopic (exact) mass is 1170 g/mol. The summed E-state index contributed by atoms with van der Waals surface area (Å²) in [6.45, 7) is 5.07. The minimum atomic E-state index is -3.78. The highest BCUT2D eigenvalue weighted by molar-refractivity contribution is 8.13. The Morgan fingerprint density at radius 3 is 0.866 bits per heavy atom. The van der Waals surface area contributed by atoms with E-state index in [0.717, 1.165) is 33.9 Å². The minimum Gasteiger partial charge on any atom is -0.395 e. The topological polar surface area (TPSA) is 117 Å². The summed E-state index contributed by atoms with van der Waals surface area (Å²) in [6, 6.07) is 65.3. The molecular weight excluding hydrogens is 1080 g/mol. The van der Waals surface area contributed by atoms with Crippen molar-refractivity contribution in [3.05, 3.63) is 239 Å². The van der Waals surface area contributed by atoms with Crippen molar-refractivity contribution in [2.24, 2.45) is 0 Å². The van der Waals surface area contributed by atoms with Crippen molar-refractivity contribution in [3.8, 4) is 0 Å². The Balaban J connectivity index is 0.000000257. The summed E-state index contributed by atoms with van der Waals surface area (Å²) in [4.78, 5) is 12.8. The summed E-state index contributed by atoms with van der Waals surface area (Å²) in [7, 11) is 18.1. The summed E-state index contributed by atoms with van der Waals surface area (Å²) in [5, 5.41) is 9.21. The first-order valence-electron chi connectivity index (χ1n) is 26.8. The maximum absolute atomic E-state index is 12.5. The molecule has 0 aliphatic carbocycles. The third-order valence-corrected chi connectivity index (χ3v) is 16.7. The molecule has 1 N–H and O–H groups in total. The Kier molecular flexibility index (Phi) is 24.0. The van der Waals surface area contributed by atoms with E-state index in [-0.39, 0.29) is 42.3 Å². The molecule has 0 saturated heterocycles. The number of halogens is 1. The largest absolute Gasteiger partial charge is 0.395 e. The molecule has 0 radical (unpaired) electrons. The Morgan fingerprint density at radius 2 is 0.622 bits per heavy atom. The van der Waals surface area contributed by atoms with E-state index in [1.807, 2.05) is 61.0 Å². The molecule has 436 valence electrons. The third-order valence-electron chi connectivity index (χ3n) is 14.0. The van der Waals surface area contributed by atoms with Crippen molar-refractivity contribution >= 4 is 64.0 Å². The van der Waals surface area contributed by atoms with E-state index < -0.39 is 19.2 Å². The second-order valence-corrected chi connectivity index (χ2v) is 25.1. The zero-order valence-corrected chi connectivity index (χ0v) is 51.2. The van der Waals surface area contributed by atoms with E-state index in [4.69, 9.17) is 14.9 Å². The van der Waals surface area contributed by atoms with Gasteiger partial charge < -0.3 is 34.5 Å². The fourth-order valence-corrected chi connectivity index (χ4v) is 10.7. The maximum atomic E-state index is 12.5. The van der Waals surface area contributed by atoms with Crippen LogP contribution in [0.3, 0.4) is 0 Å². The standard InChI is InChI=1S/C33H39N3O3S.C26H33N3O.C7H7ClO2S.CH4/c1-25-7-21-32(22-8-25)40(37,38)39-24-23-36(6)31-19-13-28(14-20-31)33(26-9-15-29(16-10-26)34(2)3)27-11-17-30(18-12-27)35(4)5;1-27(2)23-12-6-20(7-13-23)26(21-8-14-24(15-9-21)28(3)4)22-10-16-25(17-11-22)29(5)18-19-30;1-6-2-4-7(5-3-6)11(8,9)10;/h7-22,33H,23-24H2,1-6H3;6-17,26,30H,18-19H2,1-5H3;2-5H,1H3;1H4. The van der Waals surface area contributed by atoms with Crippen molar-refractivity contribution in [1.82, 2.24) is 0 Å². The van der Waals surface area contributed by atoms with Crippen LogP contribution in [0.4, 0.5) is 34.1 Å². The number of hydrogen-bond acceptors (Lipinski definition) is 12. The average molecular weight is 1170 g/mol. The maximum Gasteiger partial charge on any atom is 0.297 e. The van der Waals surface area contributed by atoms with Gasteiger partial charge in [0.15, 0.2) is 0 Å². The summed E-state index contributed by atoms with van der Waals surface area (Å²) >= 11 is 0. The lowest BCUT2D eigenvalue weighted by molar-refractivity contribution is 0.304. The van der Waals surface area contributed by atoms with E-state index in [1.54, 1.807) is 36.4 Å². The Labute approximate surface area is 495 Å². The molecule has 0 atom stereocenters. The number of nitrogens with zero attached hydrogens (tertiary/aromatic N) is 6. The summed E-state index contributed by atoms with van der Waals surface area (Å²) in [6.07, 6.45) is 0. The van der Waals surface area contributed by atoms with E-state index >= 15 is 0 Å². The first-order chi connectivity index (χ1) is 38.4. The Bertz CT molecular complexity index is 3320. The van der Waals surface area contributed by atoms with Gasteiger partial charge >= 0.3 is 0 Å². The van der Waals surface area contributed by atoms with Crippen LogP contribution < -0.4 is 29.4 Å². The molecule has 0 amide bonds. The number of aliphatic hydroxyl groups excluding tert-OH is 1. The molecule has 0 aliphatic rings. The average Bonchev–Trinajstić information content (AvgIpc) is 3.53. The molecule has 15 heteroatoms. The molecule has 0 unspecified atom stereocenters. The molecule has 0 bridgehead atoms. The highest BCUT2D eigenvalue weighted by Crippen LogP contribution is 2.37. The van der Waals surface area contributed by atoms with E-state index in [2.05, 4.69) is 198 Å². The molecule has 8 aromatic rings. The van der Waals surface area contributed by atoms with Crippen molar-refractivity contribution in [1.29, 1.82) is 0 Å². The van der Waals surface area contributed by atoms with Gasteiger partial charge in [-0.15, -0.1) is 0 Å². The summed E-state index contributed by atoms with van der Waals surface area (Å²) < 4.78 is 51.8. The van der Waals surface area contributed by atoms with Crippen LogP contribution in [0.25, 0.3) is 0 Å². The summed E-state index contributed by atoms with van der Waals surface area (Å²) in [5.41, 5.74) is 16.3. The van der Waals surface area contributed by atoms with Crippen molar-refractivity contribution in [3.63, 3.8) is 0 Å². The van der Waals surface area contributed by atoms with E-state index in [0.29, 0.717) is 13.1 Å². The Hall–Kier alpha value is -7.33. The van der Waals surface area contributed by atoms with Crippen LogP contribution in [-0.2, 0) is 23.4 Å². The smallest absolute Gasteiger partial charge is 0.297 e. The molecular formula is C67H83ClN6O6S2. The lowest BCUT2D eigenvalue weighted by Gasteiger charge is -2.23. The van der Waals surface area contributed by atoms with Crippen LogP contribution in [0.5, 0.6) is 0 Å². The molecule has 12 nitrogen and oxygen atoms in total. The molecule has 8 rings (SSSR count). The van der Waals surface area contributed by atoms with Gasteiger partial charge in [0.25, 0.3) is 19.2 Å². The predicted octanol–water partition coefficient (Wildman–Crippen LogP) is 13.1. The Morgan fingerprint density at radius 1 is 0.378 bits per heavy atom. The predicted molar refractivity (Wildman–Crippen MR) is 347 cm³/mol. The van der Waals surface area contributed by atoms with Gasteiger partial charge in [-0.2, -0.15) is 8.42 Å². The minimum absolute atomic E-state index is 0. The van der Waals surface area contributed by atoms with Gasteiger partial charge in [-0.25, -0.2) is 8.42 Å². The molecule has 0 aliphatic heterocycles. The van der Waals surface area contributed by atoms with Gasteiger partial charge in [-0.1, -0.05) is 116 Å². The van der Waals surface area contributed by atoms with E-state index in [1.165, 1.54) is 56.9 Å². The van der Waals surface area contributed by atoms with Crippen LogP contribution in [0.1, 0.15) is 63.8 Å². The van der Waals surface area contributed by atoms with Crippen molar-refractivity contribution in [2.75, 3.05) is 126 Å². The molecule has 0 saturated carbocycles. The first-order valence-corrected chi connectivity index (χ1v) is 30.5.